The number of hydrogen-bond acceptors (Lipinski definition) is 5. The molecule has 0 bridgehead atoms. The maximum Gasteiger partial charge on any atom is 0.269 e. The second-order valence-electron chi connectivity index (χ2n) is 5.80. The summed E-state index contributed by atoms with van der Waals surface area (Å²) in [6.07, 6.45) is 1.50. The SMILES string of the molecule is COc1ccc(C2CCCN2S(=O)(=O)c2ccc([N+](=O)[O-])cc2)cc1. The Bertz CT molecular complexity index is 863. The molecule has 1 aliphatic heterocycles. The molecule has 0 spiro atoms. The molecule has 1 unspecified atom stereocenters. The van der Waals surface area contributed by atoms with E-state index in [1.807, 2.05) is 24.3 Å². The Hall–Kier alpha value is -2.45. The number of hydrogen-bond donors (Lipinski definition) is 0. The molecule has 1 atom stereocenters. The first kappa shape index (κ1) is 17.4. The van der Waals surface area contributed by atoms with Crippen molar-refractivity contribution in [2.45, 2.75) is 23.8 Å². The molecule has 25 heavy (non-hydrogen) atoms. The van der Waals surface area contributed by atoms with E-state index in [-0.39, 0.29) is 16.6 Å². The molecular weight excluding hydrogens is 344 g/mol. The van der Waals surface area contributed by atoms with Crippen LogP contribution in [0.3, 0.4) is 0 Å². The van der Waals surface area contributed by atoms with Crippen LogP contribution in [0.15, 0.2) is 53.4 Å². The van der Waals surface area contributed by atoms with Crippen LogP contribution in [0.25, 0.3) is 0 Å². The maximum absolute atomic E-state index is 13.0. The first-order valence-electron chi connectivity index (χ1n) is 7.84. The van der Waals surface area contributed by atoms with E-state index in [1.54, 1.807) is 7.11 Å². The molecule has 0 aliphatic carbocycles. The van der Waals surface area contributed by atoms with Crippen LogP contribution in [0.5, 0.6) is 5.75 Å². The third-order valence-electron chi connectivity index (χ3n) is 4.36. The quantitative estimate of drug-likeness (QED) is 0.602. The van der Waals surface area contributed by atoms with Gasteiger partial charge in [-0.2, -0.15) is 4.31 Å². The van der Waals surface area contributed by atoms with Gasteiger partial charge in [-0.3, -0.25) is 10.1 Å². The lowest BCUT2D eigenvalue weighted by molar-refractivity contribution is -0.384. The molecule has 1 saturated heterocycles. The highest BCUT2D eigenvalue weighted by atomic mass is 32.2. The maximum atomic E-state index is 13.0. The zero-order valence-electron chi connectivity index (χ0n) is 13.7. The first-order valence-corrected chi connectivity index (χ1v) is 9.28. The number of ether oxygens (including phenoxy) is 1. The summed E-state index contributed by atoms with van der Waals surface area (Å²) in [5, 5.41) is 10.7. The van der Waals surface area contributed by atoms with E-state index in [0.29, 0.717) is 12.3 Å². The summed E-state index contributed by atoms with van der Waals surface area (Å²) in [4.78, 5) is 10.3. The van der Waals surface area contributed by atoms with Crippen LogP contribution in [-0.4, -0.2) is 31.3 Å². The third-order valence-corrected chi connectivity index (χ3v) is 6.28. The van der Waals surface area contributed by atoms with Crippen LogP contribution >= 0.6 is 0 Å². The molecule has 0 aromatic heterocycles. The number of nitrogens with zero attached hydrogens (tertiary/aromatic N) is 2. The Balaban J connectivity index is 1.90. The van der Waals surface area contributed by atoms with Crippen molar-refractivity contribution in [3.8, 4) is 5.75 Å². The summed E-state index contributed by atoms with van der Waals surface area (Å²) < 4.78 is 32.5. The fourth-order valence-corrected chi connectivity index (χ4v) is 4.74. The topological polar surface area (TPSA) is 89.8 Å². The molecule has 0 radical (unpaired) electrons. The van der Waals surface area contributed by atoms with Gasteiger partial charge in [-0.1, -0.05) is 12.1 Å². The highest BCUT2D eigenvalue weighted by Gasteiger charge is 2.36. The minimum atomic E-state index is -3.71. The van der Waals surface area contributed by atoms with E-state index in [9.17, 15) is 18.5 Å². The van der Waals surface area contributed by atoms with E-state index in [4.69, 9.17) is 4.74 Å². The lowest BCUT2D eigenvalue weighted by Gasteiger charge is -2.24. The van der Waals surface area contributed by atoms with Gasteiger partial charge < -0.3 is 4.74 Å². The van der Waals surface area contributed by atoms with E-state index in [0.717, 1.165) is 18.4 Å². The van der Waals surface area contributed by atoms with Gasteiger partial charge in [0.15, 0.2) is 0 Å². The van der Waals surface area contributed by atoms with Crippen molar-refractivity contribution < 1.29 is 18.1 Å². The number of benzene rings is 2. The number of nitro benzene ring substituents is 1. The zero-order chi connectivity index (χ0) is 18.0. The van der Waals surface area contributed by atoms with Crippen LogP contribution in [0.4, 0.5) is 5.69 Å². The molecule has 0 amide bonds. The first-order chi connectivity index (χ1) is 11.9. The Labute approximate surface area is 146 Å². The van der Waals surface area contributed by atoms with Gasteiger partial charge in [0.05, 0.1) is 23.0 Å². The highest BCUT2D eigenvalue weighted by Crippen LogP contribution is 2.37. The molecule has 1 aliphatic rings. The molecule has 7 nitrogen and oxygen atoms in total. The summed E-state index contributed by atoms with van der Waals surface area (Å²) in [6.45, 7) is 0.427. The van der Waals surface area contributed by atoms with Gasteiger partial charge in [-0.25, -0.2) is 8.42 Å². The third kappa shape index (κ3) is 3.35. The van der Waals surface area contributed by atoms with Gasteiger partial charge >= 0.3 is 0 Å². The highest BCUT2D eigenvalue weighted by molar-refractivity contribution is 7.89. The zero-order valence-corrected chi connectivity index (χ0v) is 14.5. The molecule has 8 heteroatoms. The number of rotatable bonds is 5. The molecular formula is C17H18N2O5S. The lowest BCUT2D eigenvalue weighted by Crippen LogP contribution is -2.30. The van der Waals surface area contributed by atoms with Gasteiger partial charge in [-0.15, -0.1) is 0 Å². The van der Waals surface area contributed by atoms with E-state index in [1.165, 1.54) is 28.6 Å². The molecule has 0 saturated carbocycles. The molecule has 132 valence electrons. The van der Waals surface area contributed by atoms with E-state index in [2.05, 4.69) is 0 Å². The monoisotopic (exact) mass is 362 g/mol. The number of nitro groups is 1. The Morgan fingerprint density at radius 3 is 2.32 bits per heavy atom. The number of non-ortho nitro benzene ring substituents is 1. The van der Waals surface area contributed by atoms with Crippen LogP contribution in [0.2, 0.25) is 0 Å². The molecule has 0 N–H and O–H groups in total. The van der Waals surface area contributed by atoms with Gasteiger partial charge in [0.25, 0.3) is 5.69 Å². The summed E-state index contributed by atoms with van der Waals surface area (Å²) in [5.74, 6) is 0.714. The largest absolute Gasteiger partial charge is 0.497 e. The molecule has 3 rings (SSSR count). The smallest absolute Gasteiger partial charge is 0.269 e. The number of methoxy groups -OCH3 is 1. The standard InChI is InChI=1S/C17H18N2O5S/c1-24-15-8-4-13(5-9-15)17-3-2-12-18(17)25(22,23)16-10-6-14(7-11-16)19(20)21/h4-11,17H,2-3,12H2,1H3. The van der Waals surface area contributed by atoms with Gasteiger partial charge in [0.1, 0.15) is 5.75 Å². The fourth-order valence-electron chi connectivity index (χ4n) is 3.06. The normalized spacial score (nSPS) is 18.2. The van der Waals surface area contributed by atoms with Crippen LogP contribution < -0.4 is 4.74 Å². The van der Waals surface area contributed by atoms with E-state index < -0.39 is 14.9 Å². The van der Waals surface area contributed by atoms with Gasteiger partial charge in [0.2, 0.25) is 10.0 Å². The van der Waals surface area contributed by atoms with Crippen molar-refractivity contribution in [3.05, 3.63) is 64.2 Å². The summed E-state index contributed by atoms with van der Waals surface area (Å²) in [6, 6.07) is 12.1. The van der Waals surface area contributed by atoms with E-state index >= 15 is 0 Å². The summed E-state index contributed by atoms with van der Waals surface area (Å²) in [7, 11) is -2.14. The minimum Gasteiger partial charge on any atom is -0.497 e. The van der Waals surface area contributed by atoms with Gasteiger partial charge in [0, 0.05) is 18.7 Å². The van der Waals surface area contributed by atoms with Crippen LogP contribution in [0, 0.1) is 10.1 Å². The summed E-state index contributed by atoms with van der Waals surface area (Å²) >= 11 is 0. The van der Waals surface area contributed by atoms with Crippen molar-refractivity contribution >= 4 is 15.7 Å². The Kier molecular flexibility index (Phi) is 4.73. The second kappa shape index (κ2) is 6.81. The minimum absolute atomic E-state index is 0.0681. The Morgan fingerprint density at radius 1 is 1.12 bits per heavy atom. The van der Waals surface area contributed by atoms with Crippen molar-refractivity contribution in [2.24, 2.45) is 0 Å². The second-order valence-corrected chi connectivity index (χ2v) is 7.69. The summed E-state index contributed by atoms with van der Waals surface area (Å²) in [5.41, 5.74) is 0.774. The van der Waals surface area contributed by atoms with Gasteiger partial charge in [-0.05, 0) is 42.7 Å². The predicted molar refractivity (Wildman–Crippen MR) is 92.0 cm³/mol. The lowest BCUT2D eigenvalue weighted by atomic mass is 10.1. The average molecular weight is 362 g/mol. The number of sulfonamides is 1. The Morgan fingerprint density at radius 2 is 1.76 bits per heavy atom. The van der Waals surface area contributed by atoms with Crippen LogP contribution in [0.1, 0.15) is 24.4 Å². The molecule has 2 aromatic rings. The predicted octanol–water partition coefficient (Wildman–Crippen LogP) is 3.13. The molecule has 2 aromatic carbocycles. The average Bonchev–Trinajstić information content (AvgIpc) is 3.12. The van der Waals surface area contributed by atoms with Crippen molar-refractivity contribution in [2.75, 3.05) is 13.7 Å². The van der Waals surface area contributed by atoms with Crippen molar-refractivity contribution in [3.63, 3.8) is 0 Å². The van der Waals surface area contributed by atoms with Crippen molar-refractivity contribution in [1.29, 1.82) is 0 Å². The molecule has 1 fully saturated rings. The molecule has 1 heterocycles. The fraction of sp³-hybridized carbons (Fsp3) is 0.294. The van der Waals surface area contributed by atoms with Crippen molar-refractivity contribution in [1.82, 2.24) is 4.31 Å². The van der Waals surface area contributed by atoms with Crippen LogP contribution in [-0.2, 0) is 10.0 Å².